The van der Waals surface area contributed by atoms with Gasteiger partial charge in [-0.3, -0.25) is 4.79 Å². The molecule has 0 aliphatic carbocycles. The Bertz CT molecular complexity index is 416. The zero-order valence-electron chi connectivity index (χ0n) is 8.73. The van der Waals surface area contributed by atoms with Gasteiger partial charge in [-0.15, -0.1) is 0 Å². The molecule has 78 valence electrons. The van der Waals surface area contributed by atoms with E-state index < -0.39 is 0 Å². The lowest BCUT2D eigenvalue weighted by atomic mass is 9.99. The zero-order valence-corrected chi connectivity index (χ0v) is 8.73. The molecule has 1 saturated heterocycles. The molecule has 15 heavy (non-hydrogen) atoms. The second-order valence-electron chi connectivity index (χ2n) is 4.28. The number of anilines is 1. The molecule has 0 aromatic heterocycles. The molecule has 3 heteroatoms. The number of amides is 1. The molecule has 2 heterocycles. The predicted molar refractivity (Wildman–Crippen MR) is 58.6 cm³/mol. The third-order valence-electron chi connectivity index (χ3n) is 3.47. The minimum absolute atomic E-state index is 0.169. The van der Waals surface area contributed by atoms with Crippen molar-refractivity contribution in [2.24, 2.45) is 0 Å². The first-order valence-corrected chi connectivity index (χ1v) is 5.40. The van der Waals surface area contributed by atoms with Crippen LogP contribution in [0.1, 0.15) is 24.8 Å². The maximum absolute atomic E-state index is 11.4. The van der Waals surface area contributed by atoms with E-state index in [0.717, 1.165) is 13.0 Å². The van der Waals surface area contributed by atoms with Gasteiger partial charge >= 0.3 is 0 Å². The van der Waals surface area contributed by atoms with Gasteiger partial charge in [0, 0.05) is 25.1 Å². The molecule has 3 nitrogen and oxygen atoms in total. The van der Waals surface area contributed by atoms with Crippen molar-refractivity contribution in [3.63, 3.8) is 0 Å². The second-order valence-corrected chi connectivity index (χ2v) is 4.28. The van der Waals surface area contributed by atoms with Crippen molar-refractivity contribution in [3.8, 4) is 0 Å². The molecule has 1 aromatic carbocycles. The van der Waals surface area contributed by atoms with E-state index in [2.05, 4.69) is 23.5 Å². The van der Waals surface area contributed by atoms with Crippen molar-refractivity contribution in [2.75, 3.05) is 11.9 Å². The summed E-state index contributed by atoms with van der Waals surface area (Å²) in [6.07, 6.45) is 1.27. The van der Waals surface area contributed by atoms with E-state index in [4.69, 9.17) is 0 Å². The Morgan fingerprint density at radius 1 is 1.47 bits per heavy atom. The first kappa shape index (κ1) is 8.77. The first-order chi connectivity index (χ1) is 7.27. The topological polar surface area (TPSA) is 32.3 Å². The first-order valence-electron chi connectivity index (χ1n) is 5.40. The van der Waals surface area contributed by atoms with Crippen molar-refractivity contribution < 1.29 is 4.79 Å². The number of rotatable bonds is 0. The number of carbonyl (C=O) groups is 1. The number of hydrogen-bond donors (Lipinski definition) is 1. The number of nitrogens with one attached hydrogen (secondary N) is 1. The van der Waals surface area contributed by atoms with Gasteiger partial charge in [0.2, 0.25) is 5.91 Å². The van der Waals surface area contributed by atoms with Crippen LogP contribution in [0.25, 0.3) is 0 Å². The van der Waals surface area contributed by atoms with Crippen LogP contribution in [0.2, 0.25) is 0 Å². The average Bonchev–Trinajstić information content (AvgIpc) is 2.74. The summed E-state index contributed by atoms with van der Waals surface area (Å²) in [6, 6.07) is 8.35. The molecule has 3 rings (SSSR count). The van der Waals surface area contributed by atoms with Crippen LogP contribution >= 0.6 is 0 Å². The molecular formula is C12H14N2O. The van der Waals surface area contributed by atoms with E-state index in [1.165, 1.54) is 11.3 Å². The summed E-state index contributed by atoms with van der Waals surface area (Å²) < 4.78 is 0. The van der Waals surface area contributed by atoms with Crippen LogP contribution in [0.4, 0.5) is 5.69 Å². The van der Waals surface area contributed by atoms with Crippen LogP contribution in [0.15, 0.2) is 24.3 Å². The van der Waals surface area contributed by atoms with Crippen LogP contribution in [0, 0.1) is 0 Å². The summed E-state index contributed by atoms with van der Waals surface area (Å²) in [5.41, 5.74) is 2.56. The molecule has 0 spiro atoms. The molecule has 2 unspecified atom stereocenters. The Morgan fingerprint density at radius 2 is 2.27 bits per heavy atom. The van der Waals surface area contributed by atoms with Crippen molar-refractivity contribution in [1.82, 2.24) is 4.90 Å². The minimum atomic E-state index is 0.169. The molecular weight excluding hydrogens is 188 g/mol. The Labute approximate surface area is 89.1 Å². The van der Waals surface area contributed by atoms with Crippen LogP contribution in [-0.4, -0.2) is 23.5 Å². The molecule has 1 aromatic rings. The summed E-state index contributed by atoms with van der Waals surface area (Å²) in [6.45, 7) is 2.53. The minimum Gasteiger partial charge on any atom is -0.364 e. The molecule has 1 N–H and O–H groups in total. The highest BCUT2D eigenvalue weighted by atomic mass is 16.2. The Balaban J connectivity index is 1.97. The van der Waals surface area contributed by atoms with Crippen LogP contribution < -0.4 is 5.32 Å². The van der Waals surface area contributed by atoms with E-state index in [-0.39, 0.29) is 12.1 Å². The van der Waals surface area contributed by atoms with Gasteiger partial charge < -0.3 is 10.2 Å². The fraction of sp³-hybridized carbons (Fsp3) is 0.417. The Morgan fingerprint density at radius 3 is 3.07 bits per heavy atom. The predicted octanol–water partition coefficient (Wildman–Crippen LogP) is 1.77. The quantitative estimate of drug-likeness (QED) is 0.695. The fourth-order valence-corrected chi connectivity index (χ4v) is 2.76. The lowest BCUT2D eigenvalue weighted by Crippen LogP contribution is -2.38. The molecule has 1 fully saturated rings. The van der Waals surface area contributed by atoms with E-state index >= 15 is 0 Å². The molecule has 2 aliphatic heterocycles. The van der Waals surface area contributed by atoms with Crippen molar-refractivity contribution >= 4 is 11.6 Å². The van der Waals surface area contributed by atoms with E-state index in [1.54, 1.807) is 6.92 Å². The molecule has 2 atom stereocenters. The number of carbonyl (C=O) groups excluding carboxylic acids is 1. The number of hydrogen-bond acceptors (Lipinski definition) is 2. The summed E-state index contributed by atoms with van der Waals surface area (Å²) in [4.78, 5) is 13.4. The largest absolute Gasteiger partial charge is 0.364 e. The van der Waals surface area contributed by atoms with Gasteiger partial charge in [-0.25, -0.2) is 0 Å². The average molecular weight is 202 g/mol. The van der Waals surface area contributed by atoms with E-state index in [9.17, 15) is 4.79 Å². The molecule has 2 aliphatic rings. The molecule has 0 saturated carbocycles. The van der Waals surface area contributed by atoms with Crippen molar-refractivity contribution in [3.05, 3.63) is 29.8 Å². The van der Waals surface area contributed by atoms with Gasteiger partial charge in [-0.05, 0) is 18.1 Å². The van der Waals surface area contributed by atoms with E-state index in [0.29, 0.717) is 5.92 Å². The molecule has 0 bridgehead atoms. The summed E-state index contributed by atoms with van der Waals surface area (Å²) in [7, 11) is 0. The fourth-order valence-electron chi connectivity index (χ4n) is 2.76. The maximum Gasteiger partial charge on any atom is 0.221 e. The van der Waals surface area contributed by atoms with Gasteiger partial charge in [0.1, 0.15) is 6.17 Å². The third kappa shape index (κ3) is 1.16. The van der Waals surface area contributed by atoms with Crippen molar-refractivity contribution in [1.29, 1.82) is 0 Å². The maximum atomic E-state index is 11.4. The summed E-state index contributed by atoms with van der Waals surface area (Å²) >= 11 is 0. The summed E-state index contributed by atoms with van der Waals surface area (Å²) in [5.74, 6) is 0.660. The number of para-hydroxylation sites is 1. The monoisotopic (exact) mass is 202 g/mol. The van der Waals surface area contributed by atoms with Crippen LogP contribution in [-0.2, 0) is 4.79 Å². The Hall–Kier alpha value is -1.51. The molecule has 1 amide bonds. The lowest BCUT2D eigenvalue weighted by Gasteiger charge is -2.23. The Kier molecular flexibility index (Phi) is 1.75. The standard InChI is InChI=1S/C12H14N2O/c1-8(15)14-7-6-10-9-4-2-3-5-11(9)13-12(10)14/h2-5,10,12-13H,6-7H2,1H3. The normalized spacial score (nSPS) is 27.1. The smallest absolute Gasteiger partial charge is 0.221 e. The zero-order chi connectivity index (χ0) is 10.4. The summed E-state index contributed by atoms with van der Waals surface area (Å²) in [5, 5.41) is 3.43. The van der Waals surface area contributed by atoms with Crippen LogP contribution in [0.3, 0.4) is 0 Å². The number of nitrogens with zero attached hydrogens (tertiary/aromatic N) is 1. The van der Waals surface area contributed by atoms with Gasteiger partial charge in [-0.1, -0.05) is 18.2 Å². The van der Waals surface area contributed by atoms with Gasteiger partial charge in [0.15, 0.2) is 0 Å². The number of benzene rings is 1. The highest BCUT2D eigenvalue weighted by Crippen LogP contribution is 2.43. The van der Waals surface area contributed by atoms with Gasteiger partial charge in [-0.2, -0.15) is 0 Å². The number of fused-ring (bicyclic) bond motifs is 3. The van der Waals surface area contributed by atoms with Crippen molar-refractivity contribution in [2.45, 2.75) is 25.4 Å². The van der Waals surface area contributed by atoms with Gasteiger partial charge in [0.25, 0.3) is 0 Å². The highest BCUT2D eigenvalue weighted by Gasteiger charge is 2.41. The van der Waals surface area contributed by atoms with E-state index in [1.807, 2.05) is 11.0 Å². The lowest BCUT2D eigenvalue weighted by molar-refractivity contribution is -0.129. The van der Waals surface area contributed by atoms with Crippen LogP contribution in [0.5, 0.6) is 0 Å². The van der Waals surface area contributed by atoms with Gasteiger partial charge in [0.05, 0.1) is 0 Å². The molecule has 0 radical (unpaired) electrons. The highest BCUT2D eigenvalue weighted by molar-refractivity contribution is 5.76. The third-order valence-corrected chi connectivity index (χ3v) is 3.47. The SMILES string of the molecule is CC(=O)N1CCC2c3ccccc3NC21. The second kappa shape index (κ2) is 2.99. The number of likely N-dealkylation sites (tertiary alicyclic amines) is 1.